The number of methoxy groups -OCH3 is 1. The lowest BCUT2D eigenvalue weighted by atomic mass is 10.1. The number of phenolic OH excluding ortho intramolecular Hbond substituents is 1. The van der Waals surface area contributed by atoms with E-state index in [4.69, 9.17) is 4.74 Å². The van der Waals surface area contributed by atoms with Crippen LogP contribution < -0.4 is 15.5 Å². The SMILES string of the molecule is COc1ccc(/C(C)=N/NC(=O)Nc2nnc(-c3ccc(O)cc3)s2)cc1. The number of urea groups is 1. The number of phenols is 1. The number of amides is 2. The highest BCUT2D eigenvalue weighted by Gasteiger charge is 2.09. The highest BCUT2D eigenvalue weighted by atomic mass is 32.1. The molecule has 0 radical (unpaired) electrons. The summed E-state index contributed by atoms with van der Waals surface area (Å²) in [7, 11) is 1.60. The first-order valence-electron chi connectivity index (χ1n) is 7.94. The quantitative estimate of drug-likeness (QED) is 0.462. The van der Waals surface area contributed by atoms with Gasteiger partial charge >= 0.3 is 6.03 Å². The molecule has 0 saturated heterocycles. The van der Waals surface area contributed by atoms with Crippen molar-refractivity contribution in [3.05, 3.63) is 54.1 Å². The van der Waals surface area contributed by atoms with Gasteiger partial charge < -0.3 is 9.84 Å². The number of rotatable bonds is 5. The van der Waals surface area contributed by atoms with Crippen LogP contribution >= 0.6 is 11.3 Å². The first-order chi connectivity index (χ1) is 13.0. The molecule has 0 fully saturated rings. The molecular formula is C18H17N5O3S. The molecule has 9 heteroatoms. The predicted octanol–water partition coefficient (Wildman–Crippen LogP) is 3.47. The molecule has 0 unspecified atom stereocenters. The molecule has 3 aromatic rings. The monoisotopic (exact) mass is 383 g/mol. The third-order valence-electron chi connectivity index (χ3n) is 3.59. The van der Waals surface area contributed by atoms with E-state index >= 15 is 0 Å². The van der Waals surface area contributed by atoms with Crippen LogP contribution in [0.5, 0.6) is 11.5 Å². The van der Waals surface area contributed by atoms with E-state index in [0.29, 0.717) is 15.9 Å². The Kier molecular flexibility index (Phi) is 5.62. The number of benzene rings is 2. The van der Waals surface area contributed by atoms with E-state index in [-0.39, 0.29) is 5.75 Å². The minimum atomic E-state index is -0.517. The van der Waals surface area contributed by atoms with Crippen molar-refractivity contribution < 1.29 is 14.6 Å². The van der Waals surface area contributed by atoms with Crippen molar-refractivity contribution in [2.75, 3.05) is 12.4 Å². The maximum absolute atomic E-state index is 12.0. The van der Waals surface area contributed by atoms with E-state index in [1.54, 1.807) is 38.3 Å². The number of ether oxygens (including phenoxy) is 1. The summed E-state index contributed by atoms with van der Waals surface area (Å²) < 4.78 is 5.11. The van der Waals surface area contributed by atoms with Crippen molar-refractivity contribution in [2.45, 2.75) is 6.92 Å². The van der Waals surface area contributed by atoms with Gasteiger partial charge in [0.2, 0.25) is 5.13 Å². The number of nitrogens with zero attached hydrogens (tertiary/aromatic N) is 3. The third kappa shape index (κ3) is 4.79. The van der Waals surface area contributed by atoms with Gasteiger partial charge in [-0.2, -0.15) is 5.10 Å². The number of hydrogen-bond acceptors (Lipinski definition) is 7. The van der Waals surface area contributed by atoms with Crippen LogP contribution in [0.1, 0.15) is 12.5 Å². The van der Waals surface area contributed by atoms with Crippen molar-refractivity contribution in [1.82, 2.24) is 15.6 Å². The zero-order valence-corrected chi connectivity index (χ0v) is 15.4. The van der Waals surface area contributed by atoms with Gasteiger partial charge in [-0.15, -0.1) is 10.2 Å². The van der Waals surface area contributed by atoms with Gasteiger partial charge in [-0.05, 0) is 61.0 Å². The van der Waals surface area contributed by atoms with Gasteiger partial charge in [0.25, 0.3) is 0 Å². The summed E-state index contributed by atoms with van der Waals surface area (Å²) in [6, 6.07) is 13.4. The van der Waals surface area contributed by atoms with Gasteiger partial charge in [-0.25, -0.2) is 10.2 Å². The molecule has 27 heavy (non-hydrogen) atoms. The van der Waals surface area contributed by atoms with Crippen molar-refractivity contribution >= 4 is 28.2 Å². The summed E-state index contributed by atoms with van der Waals surface area (Å²) in [5.41, 5.74) is 4.74. The molecule has 0 aliphatic rings. The number of carbonyl (C=O) groups is 1. The zero-order valence-electron chi connectivity index (χ0n) is 14.6. The van der Waals surface area contributed by atoms with Crippen LogP contribution in [0.2, 0.25) is 0 Å². The average Bonchev–Trinajstić information content (AvgIpc) is 3.15. The fourth-order valence-electron chi connectivity index (χ4n) is 2.15. The smallest absolute Gasteiger partial charge is 0.341 e. The third-order valence-corrected chi connectivity index (χ3v) is 4.48. The lowest BCUT2D eigenvalue weighted by Crippen LogP contribution is -2.25. The molecular weight excluding hydrogens is 366 g/mol. The molecule has 0 bridgehead atoms. The van der Waals surface area contributed by atoms with Gasteiger partial charge in [-0.3, -0.25) is 5.32 Å². The fraction of sp³-hybridized carbons (Fsp3) is 0.111. The Labute approximate surface area is 159 Å². The number of nitrogens with one attached hydrogen (secondary N) is 2. The van der Waals surface area contributed by atoms with Crippen LogP contribution in [0.15, 0.2) is 53.6 Å². The van der Waals surface area contributed by atoms with Crippen LogP contribution in [0, 0.1) is 0 Å². The number of hydrazone groups is 1. The summed E-state index contributed by atoms with van der Waals surface area (Å²) >= 11 is 1.22. The molecule has 2 aromatic carbocycles. The van der Waals surface area contributed by atoms with E-state index in [1.165, 1.54) is 11.3 Å². The van der Waals surface area contributed by atoms with Crippen molar-refractivity contribution in [1.29, 1.82) is 0 Å². The number of anilines is 1. The minimum Gasteiger partial charge on any atom is -0.508 e. The molecule has 3 N–H and O–H groups in total. The summed E-state index contributed by atoms with van der Waals surface area (Å²) in [6.07, 6.45) is 0. The molecule has 1 aromatic heterocycles. The second-order valence-electron chi connectivity index (χ2n) is 5.45. The Bertz CT molecular complexity index is 952. The Morgan fingerprint density at radius 1 is 1.11 bits per heavy atom. The molecule has 0 atom stereocenters. The average molecular weight is 383 g/mol. The normalized spacial score (nSPS) is 11.1. The summed E-state index contributed by atoms with van der Waals surface area (Å²) in [5, 5.41) is 24.9. The molecule has 0 aliphatic heterocycles. The number of hydrogen-bond donors (Lipinski definition) is 3. The van der Waals surface area contributed by atoms with Crippen LogP contribution in [0.3, 0.4) is 0 Å². The van der Waals surface area contributed by atoms with E-state index in [9.17, 15) is 9.90 Å². The van der Waals surface area contributed by atoms with E-state index in [1.807, 2.05) is 24.3 Å². The highest BCUT2D eigenvalue weighted by molar-refractivity contribution is 7.18. The molecule has 0 spiro atoms. The lowest BCUT2D eigenvalue weighted by Gasteiger charge is -2.04. The summed E-state index contributed by atoms with van der Waals surface area (Å²) in [5.74, 6) is 0.920. The number of aromatic nitrogens is 2. The zero-order chi connectivity index (χ0) is 19.2. The van der Waals surface area contributed by atoms with Gasteiger partial charge in [0.05, 0.1) is 12.8 Å². The van der Waals surface area contributed by atoms with E-state index < -0.39 is 6.03 Å². The summed E-state index contributed by atoms with van der Waals surface area (Å²) in [4.78, 5) is 12.0. The second-order valence-corrected chi connectivity index (χ2v) is 6.43. The minimum absolute atomic E-state index is 0.172. The molecule has 3 rings (SSSR count). The summed E-state index contributed by atoms with van der Waals surface area (Å²) in [6.45, 7) is 1.79. The lowest BCUT2D eigenvalue weighted by molar-refractivity contribution is 0.252. The number of aromatic hydroxyl groups is 1. The standard InChI is InChI=1S/C18H17N5O3S/c1-11(12-5-9-15(26-2)10-6-12)20-22-17(25)19-18-23-21-16(27-18)13-3-7-14(24)8-4-13/h3-10,24H,1-2H3,(H2,19,22,23,25)/b20-11+. The fourth-order valence-corrected chi connectivity index (χ4v) is 2.89. The Balaban J connectivity index is 1.59. The molecule has 0 aliphatic carbocycles. The van der Waals surface area contributed by atoms with Crippen LogP contribution in [0.4, 0.5) is 9.93 Å². The first-order valence-corrected chi connectivity index (χ1v) is 8.75. The predicted molar refractivity (Wildman–Crippen MR) is 104 cm³/mol. The van der Waals surface area contributed by atoms with Gasteiger partial charge in [0, 0.05) is 5.56 Å². The first kappa shape index (κ1) is 18.3. The second kappa shape index (κ2) is 8.28. The van der Waals surface area contributed by atoms with Crippen LogP contribution in [-0.4, -0.2) is 34.2 Å². The highest BCUT2D eigenvalue weighted by Crippen LogP contribution is 2.27. The maximum Gasteiger partial charge on any atom is 0.341 e. The number of carbonyl (C=O) groups excluding carboxylic acids is 1. The van der Waals surface area contributed by atoms with Crippen LogP contribution in [-0.2, 0) is 0 Å². The molecule has 138 valence electrons. The van der Waals surface area contributed by atoms with Crippen LogP contribution in [0.25, 0.3) is 10.6 Å². The van der Waals surface area contributed by atoms with Crippen molar-refractivity contribution in [3.63, 3.8) is 0 Å². The van der Waals surface area contributed by atoms with Gasteiger partial charge in [0.1, 0.15) is 16.5 Å². The van der Waals surface area contributed by atoms with Crippen molar-refractivity contribution in [3.8, 4) is 22.1 Å². The molecule has 8 nitrogen and oxygen atoms in total. The maximum atomic E-state index is 12.0. The van der Waals surface area contributed by atoms with E-state index in [2.05, 4.69) is 26.0 Å². The Hall–Kier alpha value is -3.46. The molecule has 0 saturated carbocycles. The van der Waals surface area contributed by atoms with Gasteiger partial charge in [0.15, 0.2) is 0 Å². The molecule has 1 heterocycles. The van der Waals surface area contributed by atoms with Gasteiger partial charge in [-0.1, -0.05) is 11.3 Å². The Morgan fingerprint density at radius 2 is 1.81 bits per heavy atom. The molecule has 2 amide bonds. The topological polar surface area (TPSA) is 109 Å². The van der Waals surface area contributed by atoms with E-state index in [0.717, 1.165) is 16.9 Å². The largest absolute Gasteiger partial charge is 0.508 e. The van der Waals surface area contributed by atoms with Crippen molar-refractivity contribution in [2.24, 2.45) is 5.10 Å². The Morgan fingerprint density at radius 3 is 2.48 bits per heavy atom.